The van der Waals surface area contributed by atoms with Crippen LogP contribution < -0.4 is 5.32 Å². The van der Waals surface area contributed by atoms with Crippen molar-refractivity contribution in [1.82, 2.24) is 10.2 Å². The second-order valence-corrected chi connectivity index (χ2v) is 3.20. The van der Waals surface area contributed by atoms with Gasteiger partial charge in [-0.25, -0.2) is 0 Å². The molecular weight excluding hydrogens is 180 g/mol. The van der Waals surface area contributed by atoms with Crippen molar-refractivity contribution < 1.29 is 9.53 Å². The Bertz CT molecular complexity index is 158. The van der Waals surface area contributed by atoms with Gasteiger partial charge >= 0.3 is 0 Å². The van der Waals surface area contributed by atoms with Crippen LogP contribution in [0.25, 0.3) is 0 Å². The molecule has 1 unspecified atom stereocenters. The number of nitrogens with zero attached hydrogens (tertiary/aromatic N) is 1. The molecule has 1 N–H and O–H groups in total. The van der Waals surface area contributed by atoms with Gasteiger partial charge in [0.25, 0.3) is 0 Å². The summed E-state index contributed by atoms with van der Waals surface area (Å²) < 4.78 is 4.90. The first-order chi connectivity index (χ1) is 6.65. The lowest BCUT2D eigenvalue weighted by Crippen LogP contribution is -2.39. The maximum Gasteiger partial charge on any atom is 0.248 e. The lowest BCUT2D eigenvalue weighted by atomic mass is 10.3. The van der Waals surface area contributed by atoms with Gasteiger partial charge in [0.05, 0.1) is 0 Å². The molecule has 0 bridgehead atoms. The molecule has 0 rings (SSSR count). The molecule has 0 aliphatic rings. The van der Waals surface area contributed by atoms with E-state index in [0.29, 0.717) is 6.54 Å². The molecule has 0 aliphatic heterocycles. The van der Waals surface area contributed by atoms with Crippen molar-refractivity contribution in [3.8, 4) is 0 Å². The molecule has 1 amide bonds. The average molecular weight is 202 g/mol. The number of nitrogens with one attached hydrogen (secondary N) is 1. The first-order valence-corrected chi connectivity index (χ1v) is 5.18. The Kier molecular flexibility index (Phi) is 7.42. The highest BCUT2D eigenvalue weighted by molar-refractivity contribution is 5.80. The smallest absolute Gasteiger partial charge is 0.248 e. The summed E-state index contributed by atoms with van der Waals surface area (Å²) in [5, 5.41) is 2.83. The fraction of sp³-hybridized carbons (Fsp3) is 0.900. The third-order valence-electron chi connectivity index (χ3n) is 2.34. The summed E-state index contributed by atoms with van der Waals surface area (Å²) >= 11 is 0. The maximum atomic E-state index is 11.3. The molecule has 0 heterocycles. The monoisotopic (exact) mass is 202 g/mol. The summed E-state index contributed by atoms with van der Waals surface area (Å²) in [5.74, 6) is -0.0420. The minimum atomic E-state index is -0.355. The summed E-state index contributed by atoms with van der Waals surface area (Å²) in [4.78, 5) is 13.5. The molecule has 1 atom stereocenters. The standard InChI is InChI=1S/C10H22N2O2/c1-5-12(6-2)8-7-11-10(13)9(3)14-4/h9H,5-8H2,1-4H3,(H,11,13). The van der Waals surface area contributed by atoms with Gasteiger partial charge < -0.3 is 15.0 Å². The number of likely N-dealkylation sites (N-methyl/N-ethyl adjacent to an activating group) is 1. The Labute approximate surface area is 86.6 Å². The third kappa shape index (κ3) is 5.19. The highest BCUT2D eigenvalue weighted by atomic mass is 16.5. The third-order valence-corrected chi connectivity index (χ3v) is 2.34. The summed E-state index contributed by atoms with van der Waals surface area (Å²) in [6.07, 6.45) is -0.355. The van der Waals surface area contributed by atoms with E-state index >= 15 is 0 Å². The van der Waals surface area contributed by atoms with Gasteiger partial charge in [0.15, 0.2) is 0 Å². The predicted molar refractivity (Wildman–Crippen MR) is 57.3 cm³/mol. The van der Waals surface area contributed by atoms with E-state index in [2.05, 4.69) is 24.1 Å². The van der Waals surface area contributed by atoms with Gasteiger partial charge in [-0.2, -0.15) is 0 Å². The number of hydrogen-bond acceptors (Lipinski definition) is 3. The van der Waals surface area contributed by atoms with E-state index in [9.17, 15) is 4.79 Å². The van der Waals surface area contributed by atoms with E-state index in [4.69, 9.17) is 4.74 Å². The molecule has 0 fully saturated rings. The highest BCUT2D eigenvalue weighted by Gasteiger charge is 2.10. The number of carbonyl (C=O) groups excluding carboxylic acids is 1. The molecule has 0 saturated heterocycles. The number of hydrogen-bond donors (Lipinski definition) is 1. The second-order valence-electron chi connectivity index (χ2n) is 3.20. The zero-order chi connectivity index (χ0) is 11.0. The van der Waals surface area contributed by atoms with Crippen LogP contribution >= 0.6 is 0 Å². The van der Waals surface area contributed by atoms with Crippen molar-refractivity contribution >= 4 is 5.91 Å². The van der Waals surface area contributed by atoms with Crippen molar-refractivity contribution in [3.63, 3.8) is 0 Å². The summed E-state index contributed by atoms with van der Waals surface area (Å²) in [7, 11) is 1.54. The van der Waals surface area contributed by atoms with Crippen molar-refractivity contribution in [2.75, 3.05) is 33.3 Å². The van der Waals surface area contributed by atoms with E-state index in [1.807, 2.05) is 0 Å². The maximum absolute atomic E-state index is 11.3. The number of rotatable bonds is 7. The molecule has 0 aromatic rings. The van der Waals surface area contributed by atoms with Crippen LogP contribution in [0.1, 0.15) is 20.8 Å². The zero-order valence-corrected chi connectivity index (χ0v) is 9.67. The number of carbonyl (C=O) groups is 1. The van der Waals surface area contributed by atoms with Crippen molar-refractivity contribution in [2.45, 2.75) is 26.9 Å². The minimum absolute atomic E-state index is 0.0420. The largest absolute Gasteiger partial charge is 0.372 e. The molecule has 0 saturated carbocycles. The molecule has 14 heavy (non-hydrogen) atoms. The van der Waals surface area contributed by atoms with Gasteiger partial charge in [0, 0.05) is 20.2 Å². The molecule has 0 radical (unpaired) electrons. The molecule has 0 aliphatic carbocycles. The van der Waals surface area contributed by atoms with Gasteiger partial charge in [-0.15, -0.1) is 0 Å². The summed E-state index contributed by atoms with van der Waals surface area (Å²) in [5.41, 5.74) is 0. The molecule has 0 spiro atoms. The van der Waals surface area contributed by atoms with Crippen molar-refractivity contribution in [2.24, 2.45) is 0 Å². The fourth-order valence-electron chi connectivity index (χ4n) is 1.13. The van der Waals surface area contributed by atoms with E-state index in [1.165, 1.54) is 7.11 Å². The van der Waals surface area contributed by atoms with E-state index in [1.54, 1.807) is 6.92 Å². The first kappa shape index (κ1) is 13.4. The van der Waals surface area contributed by atoms with Crippen LogP contribution in [-0.4, -0.2) is 50.2 Å². The Morgan fingerprint density at radius 2 is 2.00 bits per heavy atom. The topological polar surface area (TPSA) is 41.6 Å². The SMILES string of the molecule is CCN(CC)CCNC(=O)C(C)OC. The lowest BCUT2D eigenvalue weighted by Gasteiger charge is -2.18. The van der Waals surface area contributed by atoms with Crippen LogP contribution in [0.5, 0.6) is 0 Å². The van der Waals surface area contributed by atoms with Gasteiger partial charge in [-0.1, -0.05) is 13.8 Å². The Morgan fingerprint density at radius 1 is 1.43 bits per heavy atom. The van der Waals surface area contributed by atoms with Gasteiger partial charge in [0.1, 0.15) is 6.10 Å². The van der Waals surface area contributed by atoms with Crippen LogP contribution in [0.2, 0.25) is 0 Å². The molecule has 0 aromatic heterocycles. The zero-order valence-electron chi connectivity index (χ0n) is 9.67. The predicted octanol–water partition coefficient (Wildman–Crippen LogP) is 0.479. The number of amides is 1. The Morgan fingerprint density at radius 3 is 2.43 bits per heavy atom. The van der Waals surface area contributed by atoms with Crippen LogP contribution in [0, 0.1) is 0 Å². The Hall–Kier alpha value is -0.610. The minimum Gasteiger partial charge on any atom is -0.372 e. The van der Waals surface area contributed by atoms with E-state index < -0.39 is 0 Å². The first-order valence-electron chi connectivity index (χ1n) is 5.18. The number of ether oxygens (including phenoxy) is 1. The van der Waals surface area contributed by atoms with Crippen LogP contribution in [-0.2, 0) is 9.53 Å². The van der Waals surface area contributed by atoms with E-state index in [0.717, 1.165) is 19.6 Å². The van der Waals surface area contributed by atoms with Crippen LogP contribution in [0.3, 0.4) is 0 Å². The van der Waals surface area contributed by atoms with Crippen molar-refractivity contribution in [1.29, 1.82) is 0 Å². The van der Waals surface area contributed by atoms with Crippen molar-refractivity contribution in [3.05, 3.63) is 0 Å². The lowest BCUT2D eigenvalue weighted by molar-refractivity contribution is -0.130. The highest BCUT2D eigenvalue weighted by Crippen LogP contribution is 1.88. The Balaban J connectivity index is 3.57. The molecule has 4 nitrogen and oxygen atoms in total. The molecule has 84 valence electrons. The molecular formula is C10H22N2O2. The second kappa shape index (κ2) is 7.76. The molecule has 0 aromatic carbocycles. The van der Waals surface area contributed by atoms with E-state index in [-0.39, 0.29) is 12.0 Å². The number of methoxy groups -OCH3 is 1. The summed E-state index contributed by atoms with van der Waals surface area (Å²) in [6, 6.07) is 0. The van der Waals surface area contributed by atoms with Gasteiger partial charge in [0.2, 0.25) is 5.91 Å². The molecule has 4 heteroatoms. The van der Waals surface area contributed by atoms with Gasteiger partial charge in [-0.3, -0.25) is 4.79 Å². The average Bonchev–Trinajstić information content (AvgIpc) is 2.22. The van der Waals surface area contributed by atoms with Crippen LogP contribution in [0.15, 0.2) is 0 Å². The summed E-state index contributed by atoms with van der Waals surface area (Å²) in [6.45, 7) is 9.60. The fourth-order valence-corrected chi connectivity index (χ4v) is 1.13. The van der Waals surface area contributed by atoms with Gasteiger partial charge in [-0.05, 0) is 20.0 Å². The van der Waals surface area contributed by atoms with Crippen LogP contribution in [0.4, 0.5) is 0 Å². The normalized spacial score (nSPS) is 12.9. The quantitative estimate of drug-likeness (QED) is 0.653.